The van der Waals surface area contributed by atoms with Gasteiger partial charge in [-0.25, -0.2) is 0 Å². The Hall–Kier alpha value is -2.83. The van der Waals surface area contributed by atoms with Gasteiger partial charge in [-0.1, -0.05) is 73.5 Å². The van der Waals surface area contributed by atoms with Crippen LogP contribution in [-0.4, -0.2) is 35.9 Å². The molecule has 0 aliphatic heterocycles. The molecule has 3 aromatic rings. The summed E-state index contributed by atoms with van der Waals surface area (Å²) < 4.78 is 49.8. The predicted molar refractivity (Wildman–Crippen MR) is 132 cm³/mol. The van der Waals surface area contributed by atoms with Gasteiger partial charge in [0.15, 0.2) is 0 Å². The van der Waals surface area contributed by atoms with Crippen LogP contribution in [0.25, 0.3) is 0 Å². The molecule has 0 bridgehead atoms. The van der Waals surface area contributed by atoms with Crippen molar-refractivity contribution in [3.8, 4) is 11.5 Å². The molecule has 1 aliphatic carbocycles. The molecule has 1 saturated carbocycles. The van der Waals surface area contributed by atoms with Crippen LogP contribution in [0.4, 0.5) is 13.2 Å². The van der Waals surface area contributed by atoms with Crippen LogP contribution in [0.15, 0.2) is 84.9 Å². The van der Waals surface area contributed by atoms with Crippen LogP contribution >= 0.6 is 0 Å². The summed E-state index contributed by atoms with van der Waals surface area (Å²) in [4.78, 5) is 1.92. The molecule has 35 heavy (non-hydrogen) atoms. The maximum atomic E-state index is 14.6. The summed E-state index contributed by atoms with van der Waals surface area (Å²) in [7, 11) is 3.71. The quantitative estimate of drug-likeness (QED) is 0.381. The number of nitrogens with zero attached hydrogens (tertiary/aromatic N) is 1. The molecular weight excluding hydrogens is 451 g/mol. The third-order valence-corrected chi connectivity index (χ3v) is 7.06. The smallest absolute Gasteiger partial charge is 0.398 e. The highest BCUT2D eigenvalue weighted by Gasteiger charge is 2.59. The number of benzene rings is 3. The second kappa shape index (κ2) is 10.4. The lowest BCUT2D eigenvalue weighted by atomic mass is 9.62. The zero-order chi connectivity index (χ0) is 25.1. The van der Waals surface area contributed by atoms with Crippen LogP contribution < -0.4 is 4.74 Å². The number of hydrogen-bond donors (Lipinski definition) is 1. The van der Waals surface area contributed by atoms with E-state index in [1.807, 2.05) is 73.6 Å². The minimum Gasteiger partial charge on any atom is -0.457 e. The Morgan fingerprint density at radius 1 is 0.857 bits per heavy atom. The highest BCUT2D eigenvalue weighted by atomic mass is 19.4. The Morgan fingerprint density at radius 2 is 1.46 bits per heavy atom. The number of ether oxygens (including phenoxy) is 1. The fourth-order valence-electron chi connectivity index (χ4n) is 5.68. The van der Waals surface area contributed by atoms with Crippen molar-refractivity contribution in [2.45, 2.75) is 49.4 Å². The second-order valence-electron chi connectivity index (χ2n) is 9.62. The Kier molecular flexibility index (Phi) is 7.53. The number of rotatable bonds is 7. The molecule has 0 spiro atoms. The topological polar surface area (TPSA) is 32.7 Å². The molecular formula is C29H32F3NO2. The van der Waals surface area contributed by atoms with Crippen molar-refractivity contribution in [3.05, 3.63) is 96.1 Å². The van der Waals surface area contributed by atoms with Crippen LogP contribution in [0.5, 0.6) is 11.5 Å². The van der Waals surface area contributed by atoms with E-state index in [4.69, 9.17) is 4.74 Å². The van der Waals surface area contributed by atoms with E-state index in [1.165, 1.54) is 12.1 Å². The van der Waals surface area contributed by atoms with E-state index in [9.17, 15) is 18.3 Å². The molecule has 0 aromatic heterocycles. The Bertz CT molecular complexity index is 1090. The molecule has 3 nitrogen and oxygen atoms in total. The van der Waals surface area contributed by atoms with Gasteiger partial charge in [-0.2, -0.15) is 13.2 Å². The first-order valence-electron chi connectivity index (χ1n) is 12.0. The molecule has 0 saturated heterocycles. The number of alkyl halides is 3. The molecule has 3 aromatic carbocycles. The summed E-state index contributed by atoms with van der Waals surface area (Å²) in [6, 6.07) is 24.2. The average Bonchev–Trinajstić information content (AvgIpc) is 2.81. The predicted octanol–water partition coefficient (Wildman–Crippen LogP) is 7.35. The van der Waals surface area contributed by atoms with Crippen LogP contribution in [0.2, 0.25) is 0 Å². The monoisotopic (exact) mass is 483 g/mol. The van der Waals surface area contributed by atoms with E-state index in [2.05, 4.69) is 0 Å². The van der Waals surface area contributed by atoms with Gasteiger partial charge in [-0.15, -0.1) is 0 Å². The number of hydrogen-bond acceptors (Lipinski definition) is 3. The summed E-state index contributed by atoms with van der Waals surface area (Å²) in [5.41, 5.74) is -1.01. The molecule has 0 heterocycles. The van der Waals surface area contributed by atoms with Gasteiger partial charge in [0.2, 0.25) is 0 Å². The van der Waals surface area contributed by atoms with Gasteiger partial charge in [0.1, 0.15) is 17.4 Å². The maximum absolute atomic E-state index is 14.6. The van der Waals surface area contributed by atoms with Crippen molar-refractivity contribution >= 4 is 0 Å². The van der Waals surface area contributed by atoms with Crippen molar-refractivity contribution in [2.75, 3.05) is 14.1 Å². The number of halogens is 3. The van der Waals surface area contributed by atoms with Gasteiger partial charge >= 0.3 is 6.18 Å². The van der Waals surface area contributed by atoms with Crippen molar-refractivity contribution in [2.24, 2.45) is 5.92 Å². The minimum absolute atomic E-state index is 0.0985. The Balaban J connectivity index is 1.75. The normalized spacial score (nSPS) is 22.5. The molecule has 0 amide bonds. The third kappa shape index (κ3) is 5.54. The highest BCUT2D eigenvalue weighted by Crippen LogP contribution is 2.55. The molecule has 4 unspecified atom stereocenters. The first kappa shape index (κ1) is 25.3. The average molecular weight is 484 g/mol. The summed E-state index contributed by atoms with van der Waals surface area (Å²) in [5, 5.41) is 12.0. The summed E-state index contributed by atoms with van der Waals surface area (Å²) in [5.74, 6) is -1.30. The van der Waals surface area contributed by atoms with Crippen LogP contribution in [-0.2, 0) is 0 Å². The number of aliphatic hydroxyl groups is 1. The third-order valence-electron chi connectivity index (χ3n) is 7.06. The van der Waals surface area contributed by atoms with Gasteiger partial charge in [0, 0.05) is 12.0 Å². The van der Waals surface area contributed by atoms with E-state index >= 15 is 0 Å². The lowest BCUT2D eigenvalue weighted by Gasteiger charge is -2.50. The van der Waals surface area contributed by atoms with E-state index in [0.717, 1.165) is 12.0 Å². The lowest BCUT2D eigenvalue weighted by Crippen LogP contribution is -2.54. The van der Waals surface area contributed by atoms with Gasteiger partial charge in [-0.3, -0.25) is 0 Å². The van der Waals surface area contributed by atoms with Crippen LogP contribution in [0.3, 0.4) is 0 Å². The van der Waals surface area contributed by atoms with Gasteiger partial charge in [0.25, 0.3) is 0 Å². The van der Waals surface area contributed by atoms with Crippen molar-refractivity contribution in [1.82, 2.24) is 4.90 Å². The largest absolute Gasteiger partial charge is 0.457 e. The SMILES string of the molecule is CN(C)C(c1cccc(Oc2ccccc2)c1)C1CCCCC1(O)C(c1ccccc1)C(F)(F)F. The molecule has 4 atom stereocenters. The van der Waals surface area contributed by atoms with Gasteiger partial charge in [-0.05, 0) is 62.3 Å². The molecule has 0 radical (unpaired) electrons. The first-order valence-corrected chi connectivity index (χ1v) is 12.0. The zero-order valence-electron chi connectivity index (χ0n) is 20.1. The highest BCUT2D eigenvalue weighted by molar-refractivity contribution is 5.36. The van der Waals surface area contributed by atoms with E-state index in [1.54, 1.807) is 18.2 Å². The fourth-order valence-corrected chi connectivity index (χ4v) is 5.68. The molecule has 1 aliphatic rings. The van der Waals surface area contributed by atoms with Crippen LogP contribution in [0.1, 0.15) is 48.8 Å². The zero-order valence-corrected chi connectivity index (χ0v) is 20.1. The lowest BCUT2D eigenvalue weighted by molar-refractivity contribution is -0.221. The fraction of sp³-hybridized carbons (Fsp3) is 0.379. The minimum atomic E-state index is -4.58. The summed E-state index contributed by atoms with van der Waals surface area (Å²) >= 11 is 0. The molecule has 6 heteroatoms. The second-order valence-corrected chi connectivity index (χ2v) is 9.62. The van der Waals surface area contributed by atoms with Crippen molar-refractivity contribution in [3.63, 3.8) is 0 Å². The Labute approximate surface area is 205 Å². The number of para-hydroxylation sites is 1. The summed E-state index contributed by atoms with van der Waals surface area (Å²) in [6.07, 6.45) is -2.65. The van der Waals surface area contributed by atoms with E-state index < -0.39 is 29.7 Å². The van der Waals surface area contributed by atoms with Crippen molar-refractivity contribution in [1.29, 1.82) is 0 Å². The molecule has 186 valence electrons. The van der Waals surface area contributed by atoms with E-state index in [0.29, 0.717) is 24.3 Å². The Morgan fingerprint density at radius 3 is 2.09 bits per heavy atom. The standard InChI is InChI=1S/C29H32F3NO2/c1-33(2)26(22-14-11-17-24(20-22)35-23-15-7-4-8-16-23)25-18-9-10-19-28(25,34)27(29(30,31)32)21-12-5-3-6-13-21/h3-8,11-17,20,25-27,34H,9-10,18-19H2,1-2H3. The van der Waals surface area contributed by atoms with Gasteiger partial charge < -0.3 is 14.7 Å². The molecule has 1 fully saturated rings. The van der Waals surface area contributed by atoms with Crippen molar-refractivity contribution < 1.29 is 23.0 Å². The molecule has 4 rings (SSSR count). The maximum Gasteiger partial charge on any atom is 0.398 e. The van der Waals surface area contributed by atoms with E-state index in [-0.39, 0.29) is 12.0 Å². The molecule has 1 N–H and O–H groups in total. The van der Waals surface area contributed by atoms with Crippen LogP contribution in [0, 0.1) is 5.92 Å². The van der Waals surface area contributed by atoms with Gasteiger partial charge in [0.05, 0.1) is 5.60 Å². The summed E-state index contributed by atoms with van der Waals surface area (Å²) in [6.45, 7) is 0. The first-order chi connectivity index (χ1) is 16.7.